The number of carbonyl (C=O) groups excluding carboxylic acids is 1. The van der Waals surface area contributed by atoms with Crippen molar-refractivity contribution in [3.05, 3.63) is 28.5 Å². The van der Waals surface area contributed by atoms with Crippen molar-refractivity contribution in [3.8, 4) is 0 Å². The zero-order valence-corrected chi connectivity index (χ0v) is 15.8. The van der Waals surface area contributed by atoms with Gasteiger partial charge in [-0.3, -0.25) is 9.53 Å². The molecule has 5 nitrogen and oxygen atoms in total. The summed E-state index contributed by atoms with van der Waals surface area (Å²) in [5, 5.41) is 0. The predicted molar refractivity (Wildman–Crippen MR) is 93.7 cm³/mol. The number of amides is 1. The second-order valence-electron chi connectivity index (χ2n) is 6.33. The largest absolute Gasteiger partial charge is 0.522 e. The molecule has 1 fully saturated rings. The van der Waals surface area contributed by atoms with Crippen molar-refractivity contribution >= 4 is 32.9 Å². The molecule has 0 radical (unpaired) electrons. The normalized spacial score (nSPS) is 16.4. The molecule has 0 atom stereocenters. The topological polar surface area (TPSA) is 47.4 Å². The van der Waals surface area contributed by atoms with E-state index in [0.717, 1.165) is 34.2 Å². The fourth-order valence-corrected chi connectivity index (χ4v) is 3.72. The Balaban J connectivity index is 1.86. The van der Waals surface area contributed by atoms with Gasteiger partial charge in [-0.15, -0.1) is 13.2 Å². The zero-order chi connectivity index (χ0) is 18.9. The van der Waals surface area contributed by atoms with Gasteiger partial charge in [-0.1, -0.05) is 15.9 Å². The van der Waals surface area contributed by atoms with E-state index in [-0.39, 0.29) is 18.4 Å². The molecule has 0 bridgehead atoms. The summed E-state index contributed by atoms with van der Waals surface area (Å²) in [6.07, 6.45) is -3.17. The van der Waals surface area contributed by atoms with Crippen LogP contribution in [0, 0.1) is 0 Å². The van der Waals surface area contributed by atoms with Crippen molar-refractivity contribution in [1.82, 2.24) is 14.5 Å². The molecule has 1 aliphatic heterocycles. The highest BCUT2D eigenvalue weighted by Crippen LogP contribution is 2.31. The third-order valence-electron chi connectivity index (χ3n) is 4.63. The molecule has 142 valence electrons. The number of rotatable bonds is 4. The van der Waals surface area contributed by atoms with Crippen LogP contribution in [0.3, 0.4) is 0 Å². The van der Waals surface area contributed by atoms with Crippen LogP contribution in [0.15, 0.2) is 22.7 Å². The fourth-order valence-electron chi connectivity index (χ4n) is 3.37. The molecule has 1 aliphatic rings. The zero-order valence-electron chi connectivity index (χ0n) is 14.2. The molecule has 1 aromatic carbocycles. The minimum atomic E-state index is -4.65. The number of ether oxygens (including phenoxy) is 1. The summed E-state index contributed by atoms with van der Waals surface area (Å²) in [5.74, 6) is 0.897. The number of carbonyl (C=O) groups is 1. The molecule has 2 heterocycles. The minimum Gasteiger partial charge on any atom is -0.343 e. The maximum Gasteiger partial charge on any atom is 0.522 e. The van der Waals surface area contributed by atoms with Crippen LogP contribution in [-0.4, -0.2) is 46.4 Å². The van der Waals surface area contributed by atoms with Crippen LogP contribution in [0.1, 0.15) is 31.5 Å². The van der Waals surface area contributed by atoms with Gasteiger partial charge in [0.15, 0.2) is 0 Å². The summed E-state index contributed by atoms with van der Waals surface area (Å²) >= 11 is 3.40. The van der Waals surface area contributed by atoms with E-state index >= 15 is 0 Å². The van der Waals surface area contributed by atoms with Gasteiger partial charge in [-0.2, -0.15) is 0 Å². The van der Waals surface area contributed by atoms with Crippen molar-refractivity contribution in [3.63, 3.8) is 0 Å². The van der Waals surface area contributed by atoms with Gasteiger partial charge in [0.1, 0.15) is 5.82 Å². The highest BCUT2D eigenvalue weighted by molar-refractivity contribution is 9.10. The average Bonchev–Trinajstić information content (AvgIpc) is 2.92. The summed E-state index contributed by atoms with van der Waals surface area (Å²) in [5.41, 5.74) is 1.51. The van der Waals surface area contributed by atoms with Crippen molar-refractivity contribution < 1.29 is 22.7 Å². The molecule has 1 saturated heterocycles. The van der Waals surface area contributed by atoms with E-state index < -0.39 is 13.0 Å². The second kappa shape index (κ2) is 7.56. The van der Waals surface area contributed by atoms with E-state index in [2.05, 4.69) is 25.7 Å². The number of nitrogens with zero attached hydrogens (tertiary/aromatic N) is 3. The maximum atomic E-state index is 12.3. The van der Waals surface area contributed by atoms with E-state index in [1.165, 1.54) is 0 Å². The van der Waals surface area contributed by atoms with Crippen molar-refractivity contribution in [2.24, 2.45) is 0 Å². The summed E-state index contributed by atoms with van der Waals surface area (Å²) in [4.78, 5) is 17.9. The minimum absolute atomic E-state index is 0.0412. The number of imidazole rings is 1. The van der Waals surface area contributed by atoms with Crippen molar-refractivity contribution in [1.29, 1.82) is 0 Å². The van der Waals surface area contributed by atoms with Gasteiger partial charge in [0, 0.05) is 36.9 Å². The maximum absolute atomic E-state index is 12.3. The van der Waals surface area contributed by atoms with Crippen molar-refractivity contribution in [2.75, 3.05) is 19.7 Å². The average molecular weight is 434 g/mol. The highest BCUT2D eigenvalue weighted by atomic mass is 79.9. The first-order valence-corrected chi connectivity index (χ1v) is 9.16. The highest BCUT2D eigenvalue weighted by Gasteiger charge is 2.30. The van der Waals surface area contributed by atoms with Gasteiger partial charge in [-0.25, -0.2) is 4.98 Å². The van der Waals surface area contributed by atoms with Crippen LogP contribution in [0.25, 0.3) is 11.0 Å². The number of hydrogen-bond acceptors (Lipinski definition) is 3. The Morgan fingerprint density at radius 3 is 2.65 bits per heavy atom. The van der Waals surface area contributed by atoms with Crippen LogP contribution < -0.4 is 0 Å². The molecule has 0 spiro atoms. The Morgan fingerprint density at radius 2 is 2.04 bits per heavy atom. The number of alkyl halides is 3. The lowest BCUT2D eigenvalue weighted by molar-refractivity contribution is -0.325. The molecule has 0 saturated carbocycles. The van der Waals surface area contributed by atoms with Gasteiger partial charge in [0.05, 0.1) is 17.6 Å². The first kappa shape index (κ1) is 19.2. The third-order valence-corrected chi connectivity index (χ3v) is 5.12. The Morgan fingerprint density at radius 1 is 1.35 bits per heavy atom. The van der Waals surface area contributed by atoms with E-state index in [1.54, 1.807) is 16.4 Å². The fraction of sp³-hybridized carbons (Fsp3) is 0.529. The summed E-state index contributed by atoms with van der Waals surface area (Å²) < 4.78 is 43.6. The standard InChI is InChI=1S/C17H19BrF3N3O2/c1-11(25)23-6-4-12(5-7-23)16-22-14-3-2-13(18)10-15(14)24(16)8-9-26-17(19,20)21/h2-3,10,12H,4-9H2,1H3. The van der Waals surface area contributed by atoms with Crippen molar-refractivity contribution in [2.45, 2.75) is 38.6 Å². The number of likely N-dealkylation sites (tertiary alicyclic amines) is 1. The Bertz CT molecular complexity index is 798. The van der Waals surface area contributed by atoms with Gasteiger partial charge in [0.2, 0.25) is 5.91 Å². The summed E-state index contributed by atoms with van der Waals surface area (Å²) in [6, 6.07) is 5.55. The van der Waals surface area contributed by atoms with Gasteiger partial charge in [-0.05, 0) is 31.0 Å². The number of hydrogen-bond donors (Lipinski definition) is 0. The van der Waals surface area contributed by atoms with Crippen LogP contribution in [0.2, 0.25) is 0 Å². The number of halogens is 4. The molecule has 1 aromatic heterocycles. The molecule has 26 heavy (non-hydrogen) atoms. The van der Waals surface area contributed by atoms with Gasteiger partial charge < -0.3 is 9.47 Å². The van der Waals surface area contributed by atoms with Gasteiger partial charge >= 0.3 is 6.36 Å². The van der Waals surface area contributed by atoms with Crippen LogP contribution in [0.4, 0.5) is 13.2 Å². The molecular formula is C17H19BrF3N3O2. The van der Waals surface area contributed by atoms with Crippen LogP contribution in [0.5, 0.6) is 0 Å². The molecule has 3 rings (SSSR count). The first-order valence-electron chi connectivity index (χ1n) is 8.36. The second-order valence-corrected chi connectivity index (χ2v) is 7.24. The van der Waals surface area contributed by atoms with Crippen LogP contribution >= 0.6 is 15.9 Å². The monoisotopic (exact) mass is 433 g/mol. The quantitative estimate of drug-likeness (QED) is 0.730. The van der Waals surface area contributed by atoms with E-state index in [0.29, 0.717) is 13.1 Å². The lowest BCUT2D eigenvalue weighted by Crippen LogP contribution is -2.37. The number of fused-ring (bicyclic) bond motifs is 1. The lowest BCUT2D eigenvalue weighted by atomic mass is 9.96. The molecule has 0 aliphatic carbocycles. The number of benzene rings is 1. The summed E-state index contributed by atoms with van der Waals surface area (Å²) in [7, 11) is 0. The first-order chi connectivity index (χ1) is 12.2. The molecule has 1 amide bonds. The molecule has 0 N–H and O–H groups in total. The Kier molecular flexibility index (Phi) is 5.57. The van der Waals surface area contributed by atoms with E-state index in [9.17, 15) is 18.0 Å². The van der Waals surface area contributed by atoms with E-state index in [1.807, 2.05) is 18.2 Å². The Labute approximate surface area is 157 Å². The lowest BCUT2D eigenvalue weighted by Gasteiger charge is -2.31. The molecule has 0 unspecified atom stereocenters. The molecular weight excluding hydrogens is 415 g/mol. The third kappa shape index (κ3) is 4.37. The van der Waals surface area contributed by atoms with Crippen LogP contribution in [-0.2, 0) is 16.1 Å². The van der Waals surface area contributed by atoms with E-state index in [4.69, 9.17) is 0 Å². The Hall–Kier alpha value is -1.61. The molecule has 9 heteroatoms. The SMILES string of the molecule is CC(=O)N1CCC(c2nc3ccc(Br)cc3n2CCOC(F)(F)F)CC1. The number of piperidine rings is 1. The van der Waals surface area contributed by atoms with Gasteiger partial charge in [0.25, 0.3) is 0 Å². The molecule has 2 aromatic rings. The smallest absolute Gasteiger partial charge is 0.343 e. The predicted octanol–water partition coefficient (Wildman–Crippen LogP) is 4.06. The summed E-state index contributed by atoms with van der Waals surface area (Å²) in [6.45, 7) is 2.40. The number of aromatic nitrogens is 2.